The maximum absolute atomic E-state index is 13.0. The van der Waals surface area contributed by atoms with Gasteiger partial charge in [-0.2, -0.15) is 0 Å². The van der Waals surface area contributed by atoms with Gasteiger partial charge in [-0.25, -0.2) is 4.90 Å². The molecule has 0 spiro atoms. The Kier molecular flexibility index (Phi) is 3.82. The monoisotopic (exact) mass is 381 g/mol. The summed E-state index contributed by atoms with van der Waals surface area (Å²) in [5, 5.41) is 11.8. The molecule has 146 valence electrons. The number of anilines is 2. The molecule has 0 N–H and O–H groups in total. The van der Waals surface area contributed by atoms with Crippen molar-refractivity contribution < 1.29 is 14.5 Å². The highest BCUT2D eigenvalue weighted by atomic mass is 16.6. The molecule has 7 nitrogen and oxygen atoms in total. The number of piperidine rings is 1. The van der Waals surface area contributed by atoms with Crippen LogP contribution in [0.3, 0.4) is 0 Å². The lowest BCUT2D eigenvalue weighted by atomic mass is 9.85. The minimum Gasteiger partial charge on any atom is -0.366 e. The molecular formula is C21H23N3O4. The van der Waals surface area contributed by atoms with E-state index in [1.165, 1.54) is 11.0 Å². The van der Waals surface area contributed by atoms with Crippen LogP contribution in [-0.4, -0.2) is 29.8 Å². The summed E-state index contributed by atoms with van der Waals surface area (Å²) in [7, 11) is 0. The molecule has 4 aliphatic rings. The van der Waals surface area contributed by atoms with Crippen molar-refractivity contribution in [2.45, 2.75) is 26.2 Å². The number of hydrogen-bond acceptors (Lipinski definition) is 5. The lowest BCUT2D eigenvalue weighted by molar-refractivity contribution is -0.384. The van der Waals surface area contributed by atoms with E-state index >= 15 is 0 Å². The van der Waals surface area contributed by atoms with Gasteiger partial charge in [-0.15, -0.1) is 0 Å². The molecule has 2 saturated heterocycles. The number of carbonyl (C=O) groups is 2. The molecule has 2 heterocycles. The minimum atomic E-state index is -0.408. The highest BCUT2D eigenvalue weighted by Crippen LogP contribution is 2.53. The zero-order valence-electron chi connectivity index (χ0n) is 15.8. The van der Waals surface area contributed by atoms with Gasteiger partial charge in [0.15, 0.2) is 0 Å². The fraction of sp³-hybridized carbons (Fsp3) is 0.524. The largest absolute Gasteiger partial charge is 0.366 e. The third-order valence-electron chi connectivity index (χ3n) is 6.88. The van der Waals surface area contributed by atoms with Gasteiger partial charge < -0.3 is 4.90 Å². The van der Waals surface area contributed by atoms with Gasteiger partial charge in [0, 0.05) is 19.2 Å². The smallest absolute Gasteiger partial charge is 0.294 e. The summed E-state index contributed by atoms with van der Waals surface area (Å²) in [5.74, 6) is -0.285. The summed E-state index contributed by atoms with van der Waals surface area (Å²) in [6.45, 7) is 3.71. The third-order valence-corrected chi connectivity index (χ3v) is 6.88. The van der Waals surface area contributed by atoms with Gasteiger partial charge in [-0.05, 0) is 49.1 Å². The van der Waals surface area contributed by atoms with Crippen molar-refractivity contribution in [3.05, 3.63) is 40.5 Å². The first-order chi connectivity index (χ1) is 13.5. The Morgan fingerprint density at radius 3 is 2.39 bits per heavy atom. The summed E-state index contributed by atoms with van der Waals surface area (Å²) >= 11 is 0. The van der Waals surface area contributed by atoms with E-state index in [4.69, 9.17) is 0 Å². The fourth-order valence-corrected chi connectivity index (χ4v) is 5.63. The quantitative estimate of drug-likeness (QED) is 0.348. The van der Waals surface area contributed by atoms with Crippen LogP contribution in [-0.2, 0) is 9.59 Å². The maximum Gasteiger partial charge on any atom is 0.294 e. The van der Waals surface area contributed by atoms with E-state index in [2.05, 4.69) is 6.92 Å². The molecule has 2 aliphatic heterocycles. The van der Waals surface area contributed by atoms with E-state index in [0.717, 1.165) is 32.4 Å². The molecule has 2 aliphatic carbocycles. The van der Waals surface area contributed by atoms with Gasteiger partial charge in [-0.1, -0.05) is 19.1 Å². The van der Waals surface area contributed by atoms with Gasteiger partial charge >= 0.3 is 0 Å². The molecule has 0 radical (unpaired) electrons. The molecule has 28 heavy (non-hydrogen) atoms. The van der Waals surface area contributed by atoms with Crippen LogP contribution in [0.5, 0.6) is 0 Å². The SMILES string of the molecule is C[C@@H]1CCCN(c2ccc(N3C(=O)[C@@H]4[C@H](C3=O)[C@H]3C=C[C@H]4C3)cc2[N+](=O)[O-])C1. The number of benzene rings is 1. The molecule has 1 saturated carbocycles. The van der Waals surface area contributed by atoms with Crippen LogP contribution in [0, 0.1) is 39.7 Å². The molecule has 3 fully saturated rings. The molecule has 5 rings (SSSR count). The third kappa shape index (κ3) is 2.41. The Morgan fingerprint density at radius 2 is 1.79 bits per heavy atom. The molecule has 2 amide bonds. The van der Waals surface area contributed by atoms with Crippen LogP contribution in [0.4, 0.5) is 17.1 Å². The standard InChI is InChI=1S/C21H23N3O4/c1-12-3-2-8-22(11-12)16-7-6-15(10-17(16)24(27)28)23-20(25)18-13-4-5-14(9-13)19(18)21(23)26/h4-7,10,12-14,18-19H,2-3,8-9,11H2,1H3/t12-,13+,14+,18-,19+/m1/s1. The van der Waals surface area contributed by atoms with E-state index < -0.39 is 4.92 Å². The number of nitro groups is 1. The van der Waals surface area contributed by atoms with Crippen molar-refractivity contribution in [2.24, 2.45) is 29.6 Å². The number of carbonyl (C=O) groups excluding carboxylic acids is 2. The lowest BCUT2D eigenvalue weighted by Crippen LogP contribution is -2.35. The van der Waals surface area contributed by atoms with Crippen molar-refractivity contribution >= 4 is 28.9 Å². The molecule has 1 aromatic carbocycles. The van der Waals surface area contributed by atoms with E-state index in [1.807, 2.05) is 17.1 Å². The highest BCUT2D eigenvalue weighted by Gasteiger charge is 2.59. The number of rotatable bonds is 3. The molecule has 2 bridgehead atoms. The molecule has 1 aromatic rings. The number of imide groups is 1. The van der Waals surface area contributed by atoms with Gasteiger partial charge in [0.1, 0.15) is 5.69 Å². The van der Waals surface area contributed by atoms with E-state index in [0.29, 0.717) is 17.3 Å². The summed E-state index contributed by atoms with van der Waals surface area (Å²) in [4.78, 5) is 40.6. The van der Waals surface area contributed by atoms with Crippen LogP contribution < -0.4 is 9.80 Å². The van der Waals surface area contributed by atoms with Crippen LogP contribution >= 0.6 is 0 Å². The van der Waals surface area contributed by atoms with Crippen molar-refractivity contribution in [1.82, 2.24) is 0 Å². The Hall–Kier alpha value is -2.70. The van der Waals surface area contributed by atoms with Crippen molar-refractivity contribution in [3.8, 4) is 0 Å². The maximum atomic E-state index is 13.0. The molecular weight excluding hydrogens is 358 g/mol. The average Bonchev–Trinajstić information content (AvgIpc) is 3.35. The van der Waals surface area contributed by atoms with Crippen LogP contribution in [0.25, 0.3) is 0 Å². The first-order valence-corrected chi connectivity index (χ1v) is 10.0. The second kappa shape index (κ2) is 6.15. The Labute approximate surface area is 163 Å². The Bertz CT molecular complexity index is 881. The average molecular weight is 381 g/mol. The second-order valence-corrected chi connectivity index (χ2v) is 8.64. The first-order valence-electron chi connectivity index (χ1n) is 10.0. The number of nitrogens with zero attached hydrogens (tertiary/aromatic N) is 3. The number of allylic oxidation sites excluding steroid dienone is 2. The van der Waals surface area contributed by atoms with Crippen LogP contribution in [0.1, 0.15) is 26.2 Å². The summed E-state index contributed by atoms with van der Waals surface area (Å²) in [6, 6.07) is 4.79. The first kappa shape index (κ1) is 17.4. The highest BCUT2D eigenvalue weighted by molar-refractivity contribution is 6.23. The number of amides is 2. The van der Waals surface area contributed by atoms with Crippen LogP contribution in [0.2, 0.25) is 0 Å². The van der Waals surface area contributed by atoms with Gasteiger partial charge in [0.2, 0.25) is 11.8 Å². The van der Waals surface area contributed by atoms with Gasteiger partial charge in [-0.3, -0.25) is 19.7 Å². The van der Waals surface area contributed by atoms with Crippen molar-refractivity contribution in [3.63, 3.8) is 0 Å². The summed E-state index contributed by atoms with van der Waals surface area (Å²) in [6.07, 6.45) is 7.08. The lowest BCUT2D eigenvalue weighted by Gasteiger charge is -2.32. The number of fused-ring (bicyclic) bond motifs is 5. The van der Waals surface area contributed by atoms with E-state index in [-0.39, 0.29) is 41.2 Å². The van der Waals surface area contributed by atoms with Crippen molar-refractivity contribution in [2.75, 3.05) is 22.9 Å². The second-order valence-electron chi connectivity index (χ2n) is 8.64. The zero-order valence-corrected chi connectivity index (χ0v) is 15.8. The summed E-state index contributed by atoms with van der Waals surface area (Å²) in [5.41, 5.74) is 0.857. The van der Waals surface area contributed by atoms with Crippen molar-refractivity contribution in [1.29, 1.82) is 0 Å². The zero-order chi connectivity index (χ0) is 19.6. The van der Waals surface area contributed by atoms with Crippen LogP contribution in [0.15, 0.2) is 30.4 Å². The minimum absolute atomic E-state index is 0.0367. The Balaban J connectivity index is 1.50. The van der Waals surface area contributed by atoms with E-state index in [1.54, 1.807) is 12.1 Å². The predicted molar refractivity (Wildman–Crippen MR) is 104 cm³/mol. The predicted octanol–water partition coefficient (Wildman–Crippen LogP) is 3.14. The fourth-order valence-electron chi connectivity index (χ4n) is 5.63. The normalized spacial score (nSPS) is 33.7. The number of nitro benzene ring substituents is 1. The molecule has 0 aromatic heterocycles. The van der Waals surface area contributed by atoms with Gasteiger partial charge in [0.05, 0.1) is 22.4 Å². The molecule has 5 atom stereocenters. The van der Waals surface area contributed by atoms with E-state index in [9.17, 15) is 19.7 Å². The van der Waals surface area contributed by atoms with Gasteiger partial charge in [0.25, 0.3) is 5.69 Å². The topological polar surface area (TPSA) is 83.8 Å². The summed E-state index contributed by atoms with van der Waals surface area (Å²) < 4.78 is 0. The molecule has 0 unspecified atom stereocenters. The molecule has 7 heteroatoms. The number of hydrogen-bond donors (Lipinski definition) is 0. The Morgan fingerprint density at radius 1 is 1.11 bits per heavy atom.